The van der Waals surface area contributed by atoms with Gasteiger partial charge in [0.25, 0.3) is 0 Å². The molecule has 1 aromatic rings. The summed E-state index contributed by atoms with van der Waals surface area (Å²) in [7, 11) is -1.78. The van der Waals surface area contributed by atoms with Crippen LogP contribution in [-0.2, 0) is 16.6 Å². The van der Waals surface area contributed by atoms with Crippen molar-refractivity contribution in [2.24, 2.45) is 5.92 Å². The first-order chi connectivity index (χ1) is 9.26. The van der Waals surface area contributed by atoms with E-state index in [1.54, 1.807) is 7.05 Å². The summed E-state index contributed by atoms with van der Waals surface area (Å²) in [5, 5.41) is 2.92. The lowest BCUT2D eigenvalue weighted by Gasteiger charge is -2.14. The minimum absolute atomic E-state index is 0.100. The number of halogens is 1. The van der Waals surface area contributed by atoms with Crippen LogP contribution < -0.4 is 10.0 Å². The standard InChI is InChI=1S/C13H23BrN2O3S/c1-9(2)5-6-10(3)16-20(17,18)12-7-11(8-15-4)19-13(12)14/h7,9-10,15-16H,5-6,8H2,1-4H3. The third-order valence-electron chi connectivity index (χ3n) is 2.88. The molecular weight excluding hydrogens is 344 g/mol. The SMILES string of the molecule is CNCc1cc(S(=O)(=O)NC(C)CCC(C)C)c(Br)o1. The second-order valence-electron chi connectivity index (χ2n) is 5.37. The van der Waals surface area contributed by atoms with E-state index >= 15 is 0 Å². The first-order valence-electron chi connectivity index (χ1n) is 6.71. The molecule has 0 saturated heterocycles. The van der Waals surface area contributed by atoms with Crippen molar-refractivity contribution in [1.82, 2.24) is 10.0 Å². The van der Waals surface area contributed by atoms with Crippen LogP contribution in [0.15, 0.2) is 20.0 Å². The van der Waals surface area contributed by atoms with Crippen LogP contribution >= 0.6 is 15.9 Å². The van der Waals surface area contributed by atoms with Gasteiger partial charge in [-0.3, -0.25) is 0 Å². The minimum atomic E-state index is -3.55. The van der Waals surface area contributed by atoms with Crippen LogP contribution in [0.2, 0.25) is 0 Å². The van der Waals surface area contributed by atoms with Gasteiger partial charge in [0.2, 0.25) is 10.0 Å². The first kappa shape index (κ1) is 17.7. The Bertz CT molecular complexity index is 526. The number of sulfonamides is 1. The smallest absolute Gasteiger partial charge is 0.245 e. The molecule has 0 aliphatic rings. The van der Waals surface area contributed by atoms with Crippen LogP contribution in [0.4, 0.5) is 0 Å². The minimum Gasteiger partial charge on any atom is -0.452 e. The topological polar surface area (TPSA) is 71.3 Å². The van der Waals surface area contributed by atoms with Crippen LogP contribution in [0, 0.1) is 5.92 Å². The van der Waals surface area contributed by atoms with Crippen LogP contribution in [-0.4, -0.2) is 21.5 Å². The summed E-state index contributed by atoms with van der Waals surface area (Å²) < 4.78 is 32.9. The molecule has 20 heavy (non-hydrogen) atoms. The van der Waals surface area contributed by atoms with Crippen molar-refractivity contribution >= 4 is 26.0 Å². The molecule has 1 rings (SSSR count). The molecule has 0 spiro atoms. The quantitative estimate of drug-likeness (QED) is 0.741. The molecule has 1 heterocycles. The van der Waals surface area contributed by atoms with Crippen molar-refractivity contribution in [3.8, 4) is 0 Å². The maximum atomic E-state index is 12.3. The van der Waals surface area contributed by atoms with Crippen molar-refractivity contribution in [1.29, 1.82) is 0 Å². The zero-order valence-electron chi connectivity index (χ0n) is 12.4. The van der Waals surface area contributed by atoms with E-state index in [1.165, 1.54) is 6.07 Å². The van der Waals surface area contributed by atoms with E-state index in [9.17, 15) is 8.42 Å². The highest BCUT2D eigenvalue weighted by molar-refractivity contribution is 9.10. The number of hydrogen-bond acceptors (Lipinski definition) is 4. The molecule has 2 N–H and O–H groups in total. The summed E-state index contributed by atoms with van der Waals surface area (Å²) in [6.07, 6.45) is 1.80. The summed E-state index contributed by atoms with van der Waals surface area (Å²) in [6, 6.07) is 1.44. The molecule has 7 heteroatoms. The summed E-state index contributed by atoms with van der Waals surface area (Å²) in [5.41, 5.74) is 0. The highest BCUT2D eigenvalue weighted by Crippen LogP contribution is 2.26. The van der Waals surface area contributed by atoms with Gasteiger partial charge in [-0.1, -0.05) is 13.8 Å². The molecule has 0 saturated carbocycles. The molecule has 0 aliphatic heterocycles. The van der Waals surface area contributed by atoms with E-state index < -0.39 is 10.0 Å². The van der Waals surface area contributed by atoms with E-state index in [2.05, 4.69) is 39.8 Å². The Labute approximate surface area is 129 Å². The molecule has 0 fully saturated rings. The molecule has 5 nitrogen and oxygen atoms in total. The third-order valence-corrected chi connectivity index (χ3v) is 5.33. The maximum absolute atomic E-state index is 12.3. The van der Waals surface area contributed by atoms with Gasteiger partial charge in [0.05, 0.1) is 6.54 Å². The molecule has 1 unspecified atom stereocenters. The van der Waals surface area contributed by atoms with Gasteiger partial charge in [-0.15, -0.1) is 0 Å². The Kier molecular flexibility index (Phi) is 6.71. The predicted molar refractivity (Wildman–Crippen MR) is 83.0 cm³/mol. The average molecular weight is 367 g/mol. The van der Waals surface area contributed by atoms with Gasteiger partial charge in [-0.2, -0.15) is 0 Å². The molecule has 116 valence electrons. The Balaban J connectivity index is 2.77. The van der Waals surface area contributed by atoms with E-state index in [0.717, 1.165) is 12.8 Å². The molecule has 0 aliphatic carbocycles. The third kappa shape index (κ3) is 5.20. The lowest BCUT2D eigenvalue weighted by Crippen LogP contribution is -2.32. The van der Waals surface area contributed by atoms with Crippen molar-refractivity contribution in [3.63, 3.8) is 0 Å². The van der Waals surface area contributed by atoms with Gasteiger partial charge < -0.3 is 9.73 Å². The number of furan rings is 1. The van der Waals surface area contributed by atoms with Crippen molar-refractivity contribution in [2.45, 2.75) is 51.1 Å². The van der Waals surface area contributed by atoms with E-state index in [4.69, 9.17) is 4.42 Å². The summed E-state index contributed by atoms with van der Waals surface area (Å²) in [4.78, 5) is 0.152. The second-order valence-corrected chi connectivity index (χ2v) is 7.78. The zero-order valence-corrected chi connectivity index (χ0v) is 14.8. The molecule has 0 amide bonds. The van der Waals surface area contributed by atoms with E-state index in [1.807, 2.05) is 6.92 Å². The Morgan fingerprint density at radius 3 is 2.50 bits per heavy atom. The maximum Gasteiger partial charge on any atom is 0.245 e. The molecule has 0 bridgehead atoms. The van der Waals surface area contributed by atoms with Crippen LogP contribution in [0.5, 0.6) is 0 Å². The zero-order chi connectivity index (χ0) is 15.3. The van der Waals surface area contributed by atoms with Gasteiger partial charge in [-0.05, 0) is 48.7 Å². The monoisotopic (exact) mass is 366 g/mol. The fourth-order valence-electron chi connectivity index (χ4n) is 1.81. The summed E-state index contributed by atoms with van der Waals surface area (Å²) >= 11 is 3.16. The fourth-order valence-corrected chi connectivity index (χ4v) is 4.09. The Morgan fingerprint density at radius 2 is 1.95 bits per heavy atom. The van der Waals surface area contributed by atoms with Crippen molar-refractivity contribution in [3.05, 3.63) is 16.5 Å². The van der Waals surface area contributed by atoms with E-state index in [0.29, 0.717) is 18.2 Å². The highest BCUT2D eigenvalue weighted by Gasteiger charge is 2.24. The lowest BCUT2D eigenvalue weighted by molar-refractivity contribution is 0.467. The molecule has 0 aromatic carbocycles. The number of rotatable bonds is 8. The van der Waals surface area contributed by atoms with Crippen molar-refractivity contribution in [2.75, 3.05) is 7.05 Å². The summed E-state index contributed by atoms with van der Waals surface area (Å²) in [5.74, 6) is 1.14. The number of nitrogens with one attached hydrogen (secondary N) is 2. The molecule has 0 radical (unpaired) electrons. The number of hydrogen-bond donors (Lipinski definition) is 2. The van der Waals surface area contributed by atoms with Gasteiger partial charge in [0.1, 0.15) is 10.7 Å². The van der Waals surface area contributed by atoms with Gasteiger partial charge in [-0.25, -0.2) is 13.1 Å². The highest BCUT2D eigenvalue weighted by atomic mass is 79.9. The van der Waals surface area contributed by atoms with E-state index in [-0.39, 0.29) is 15.6 Å². The van der Waals surface area contributed by atoms with Crippen LogP contribution in [0.1, 0.15) is 39.4 Å². The lowest BCUT2D eigenvalue weighted by atomic mass is 10.1. The predicted octanol–water partition coefficient (Wildman–Crippen LogP) is 2.86. The van der Waals surface area contributed by atoms with Gasteiger partial charge in [0, 0.05) is 12.1 Å². The van der Waals surface area contributed by atoms with Crippen LogP contribution in [0.25, 0.3) is 0 Å². The second kappa shape index (κ2) is 7.59. The fraction of sp³-hybridized carbons (Fsp3) is 0.692. The van der Waals surface area contributed by atoms with Gasteiger partial charge in [0.15, 0.2) is 4.67 Å². The average Bonchev–Trinajstić information content (AvgIpc) is 2.68. The van der Waals surface area contributed by atoms with Gasteiger partial charge >= 0.3 is 0 Å². The van der Waals surface area contributed by atoms with Crippen LogP contribution in [0.3, 0.4) is 0 Å². The molecule has 1 atom stereocenters. The molecule has 1 aromatic heterocycles. The van der Waals surface area contributed by atoms with Crippen molar-refractivity contribution < 1.29 is 12.8 Å². The summed E-state index contributed by atoms with van der Waals surface area (Å²) in [6.45, 7) is 6.61. The first-order valence-corrected chi connectivity index (χ1v) is 8.99. The molecular formula is C13H23BrN2O3S. The Morgan fingerprint density at radius 1 is 1.30 bits per heavy atom. The normalized spacial score (nSPS) is 13.9. The Hall–Kier alpha value is -0.370. The largest absolute Gasteiger partial charge is 0.452 e.